The molecule has 3 nitrogen and oxygen atoms in total. The minimum Gasteiger partial charge on any atom is -0.300 e. The molecule has 0 amide bonds. The number of rotatable bonds is 1. The van der Waals surface area contributed by atoms with Crippen molar-refractivity contribution in [2.75, 3.05) is 0 Å². The number of aromatic nitrogens is 2. The smallest absolute Gasteiger partial charge is 0.133 e. The maximum atomic E-state index is 11.5. The molecule has 2 rings (SSSR count). The number of nitrogens with zero attached hydrogens (tertiary/aromatic N) is 2. The Bertz CT molecular complexity index is 359. The summed E-state index contributed by atoms with van der Waals surface area (Å²) >= 11 is 0. The molecule has 0 radical (unpaired) electrons. The molecule has 1 unspecified atom stereocenters. The second-order valence-electron chi connectivity index (χ2n) is 4.96. The normalized spacial score (nSPS) is 25.2. The minimum atomic E-state index is 0.179. The minimum absolute atomic E-state index is 0.179. The fourth-order valence-electron chi connectivity index (χ4n) is 2.30. The number of carbonyl (C=O) groups excluding carboxylic acids is 1. The number of Topliss-reactive ketones (excluding diaryl/α,β-unsaturated/α-hetero) is 1. The fraction of sp³-hybridized carbons (Fsp3) is 0.583. The van der Waals surface area contributed by atoms with Crippen LogP contribution in [-0.2, 0) is 4.79 Å². The lowest BCUT2D eigenvalue weighted by Gasteiger charge is -2.37. The van der Waals surface area contributed by atoms with E-state index in [0.717, 1.165) is 18.4 Å². The molecule has 1 aliphatic rings. The van der Waals surface area contributed by atoms with Crippen LogP contribution in [0.5, 0.6) is 0 Å². The Morgan fingerprint density at radius 3 is 2.67 bits per heavy atom. The van der Waals surface area contributed by atoms with Gasteiger partial charge in [0.05, 0.1) is 0 Å². The van der Waals surface area contributed by atoms with Crippen LogP contribution < -0.4 is 0 Å². The molecule has 1 aromatic heterocycles. The van der Waals surface area contributed by atoms with Crippen LogP contribution in [0.3, 0.4) is 0 Å². The summed E-state index contributed by atoms with van der Waals surface area (Å²) in [4.78, 5) is 19.5. The van der Waals surface area contributed by atoms with Crippen LogP contribution in [0, 0.1) is 5.41 Å². The van der Waals surface area contributed by atoms with Gasteiger partial charge in [0.25, 0.3) is 0 Å². The van der Waals surface area contributed by atoms with Gasteiger partial charge in [-0.1, -0.05) is 13.8 Å². The van der Waals surface area contributed by atoms with Gasteiger partial charge in [0.15, 0.2) is 0 Å². The van der Waals surface area contributed by atoms with Crippen LogP contribution in [-0.4, -0.2) is 15.8 Å². The molecule has 0 saturated heterocycles. The first-order valence-corrected chi connectivity index (χ1v) is 5.36. The predicted molar refractivity (Wildman–Crippen MR) is 57.4 cm³/mol. The lowest BCUT2D eigenvalue weighted by atomic mass is 9.66. The van der Waals surface area contributed by atoms with E-state index in [2.05, 4.69) is 23.8 Å². The second-order valence-corrected chi connectivity index (χ2v) is 4.96. The molecule has 1 atom stereocenters. The van der Waals surface area contributed by atoms with Gasteiger partial charge < -0.3 is 0 Å². The summed E-state index contributed by atoms with van der Waals surface area (Å²) in [6, 6.07) is 0. The molecule has 80 valence electrons. The zero-order valence-corrected chi connectivity index (χ0v) is 9.23. The molecule has 0 aliphatic heterocycles. The summed E-state index contributed by atoms with van der Waals surface area (Å²) in [5.41, 5.74) is 1.27. The van der Waals surface area contributed by atoms with Crippen LogP contribution in [0.25, 0.3) is 0 Å². The Morgan fingerprint density at radius 1 is 1.33 bits per heavy atom. The Morgan fingerprint density at radius 2 is 2.00 bits per heavy atom. The largest absolute Gasteiger partial charge is 0.300 e. The quantitative estimate of drug-likeness (QED) is 0.705. The van der Waals surface area contributed by atoms with Gasteiger partial charge in [0, 0.05) is 25.2 Å². The summed E-state index contributed by atoms with van der Waals surface area (Å²) in [5.74, 6) is 0.642. The third-order valence-electron chi connectivity index (χ3n) is 3.41. The number of carbonyl (C=O) groups is 1. The van der Waals surface area contributed by atoms with Crippen molar-refractivity contribution < 1.29 is 4.79 Å². The highest BCUT2D eigenvalue weighted by atomic mass is 16.1. The van der Waals surface area contributed by atoms with Crippen molar-refractivity contribution in [3.63, 3.8) is 0 Å². The molecule has 15 heavy (non-hydrogen) atoms. The van der Waals surface area contributed by atoms with E-state index in [9.17, 15) is 4.79 Å². The highest BCUT2D eigenvalue weighted by Crippen LogP contribution is 2.44. The average Bonchev–Trinajstić information content (AvgIpc) is 2.23. The van der Waals surface area contributed by atoms with E-state index in [1.54, 1.807) is 0 Å². The highest BCUT2D eigenvalue weighted by Gasteiger charge is 2.36. The molecule has 1 aliphatic carbocycles. The first-order chi connectivity index (χ1) is 7.09. The average molecular weight is 204 g/mol. The Balaban J connectivity index is 2.29. The topological polar surface area (TPSA) is 42.9 Å². The van der Waals surface area contributed by atoms with Crippen LogP contribution >= 0.6 is 0 Å². The summed E-state index contributed by atoms with van der Waals surface area (Å²) in [6.07, 6.45) is 7.51. The van der Waals surface area contributed by atoms with Crippen molar-refractivity contribution in [3.8, 4) is 0 Å². The van der Waals surface area contributed by atoms with Gasteiger partial charge in [-0.05, 0) is 23.3 Å². The SMILES string of the molecule is CC1(C)CCC(=O)CC1c1cncnc1. The van der Waals surface area contributed by atoms with Crippen molar-refractivity contribution in [1.82, 2.24) is 9.97 Å². The van der Waals surface area contributed by atoms with Crippen molar-refractivity contribution in [2.24, 2.45) is 5.41 Å². The van der Waals surface area contributed by atoms with Crippen molar-refractivity contribution >= 4 is 5.78 Å². The lowest BCUT2D eigenvalue weighted by Crippen LogP contribution is -2.30. The van der Waals surface area contributed by atoms with Gasteiger partial charge in [-0.25, -0.2) is 9.97 Å². The van der Waals surface area contributed by atoms with E-state index < -0.39 is 0 Å². The van der Waals surface area contributed by atoms with E-state index >= 15 is 0 Å². The maximum Gasteiger partial charge on any atom is 0.133 e. The molecular weight excluding hydrogens is 188 g/mol. The van der Waals surface area contributed by atoms with Crippen LogP contribution in [0.1, 0.15) is 44.6 Å². The monoisotopic (exact) mass is 204 g/mol. The molecule has 0 aromatic carbocycles. The molecule has 1 fully saturated rings. The van der Waals surface area contributed by atoms with Gasteiger partial charge in [-0.15, -0.1) is 0 Å². The Kier molecular flexibility index (Phi) is 2.55. The zero-order valence-electron chi connectivity index (χ0n) is 9.23. The summed E-state index contributed by atoms with van der Waals surface area (Å²) < 4.78 is 0. The van der Waals surface area contributed by atoms with E-state index in [1.165, 1.54) is 6.33 Å². The van der Waals surface area contributed by atoms with Crippen LogP contribution in [0.15, 0.2) is 18.7 Å². The van der Waals surface area contributed by atoms with Crippen molar-refractivity contribution in [1.29, 1.82) is 0 Å². The molecule has 1 saturated carbocycles. The predicted octanol–water partition coefficient (Wildman–Crippen LogP) is 2.34. The van der Waals surface area contributed by atoms with Gasteiger partial charge >= 0.3 is 0 Å². The molecule has 1 heterocycles. The first-order valence-electron chi connectivity index (χ1n) is 5.36. The third kappa shape index (κ3) is 2.06. The molecular formula is C12H16N2O. The maximum absolute atomic E-state index is 11.5. The molecule has 0 spiro atoms. The molecule has 0 N–H and O–H groups in total. The first kappa shape index (κ1) is 10.3. The third-order valence-corrected chi connectivity index (χ3v) is 3.41. The van der Waals surface area contributed by atoms with Gasteiger partial charge in [-0.2, -0.15) is 0 Å². The van der Waals surface area contributed by atoms with Gasteiger partial charge in [0.2, 0.25) is 0 Å². The standard InChI is InChI=1S/C12H16N2O/c1-12(2)4-3-10(15)5-11(12)9-6-13-8-14-7-9/h6-8,11H,3-5H2,1-2H3. The number of hydrogen-bond donors (Lipinski definition) is 0. The number of ketones is 1. The molecule has 0 bridgehead atoms. The van der Waals surface area contributed by atoms with E-state index in [4.69, 9.17) is 0 Å². The van der Waals surface area contributed by atoms with Crippen LogP contribution in [0.2, 0.25) is 0 Å². The second kappa shape index (κ2) is 3.72. The summed E-state index contributed by atoms with van der Waals surface area (Å²) in [7, 11) is 0. The van der Waals surface area contributed by atoms with Gasteiger partial charge in [-0.3, -0.25) is 4.79 Å². The van der Waals surface area contributed by atoms with Crippen LogP contribution in [0.4, 0.5) is 0 Å². The number of hydrogen-bond acceptors (Lipinski definition) is 3. The van der Waals surface area contributed by atoms with E-state index in [1.807, 2.05) is 12.4 Å². The summed E-state index contributed by atoms with van der Waals surface area (Å²) in [5, 5.41) is 0. The molecule has 1 aromatic rings. The zero-order chi connectivity index (χ0) is 10.9. The summed E-state index contributed by atoms with van der Waals surface area (Å²) in [6.45, 7) is 4.44. The Labute approximate surface area is 89.9 Å². The Hall–Kier alpha value is -1.25. The fourth-order valence-corrected chi connectivity index (χ4v) is 2.30. The van der Waals surface area contributed by atoms with E-state index in [0.29, 0.717) is 12.2 Å². The lowest BCUT2D eigenvalue weighted by molar-refractivity contribution is -0.122. The van der Waals surface area contributed by atoms with Crippen molar-refractivity contribution in [2.45, 2.75) is 39.0 Å². The van der Waals surface area contributed by atoms with Gasteiger partial charge in [0.1, 0.15) is 12.1 Å². The molecule has 3 heteroatoms. The van der Waals surface area contributed by atoms with Crippen molar-refractivity contribution in [3.05, 3.63) is 24.3 Å². The highest BCUT2D eigenvalue weighted by molar-refractivity contribution is 5.80. The van der Waals surface area contributed by atoms with E-state index in [-0.39, 0.29) is 11.3 Å².